The molecule has 0 heterocycles. The van der Waals surface area contributed by atoms with E-state index in [1.54, 1.807) is 0 Å². The van der Waals surface area contributed by atoms with Crippen LogP contribution in [0.5, 0.6) is 0 Å². The number of hydrogen-bond acceptors (Lipinski definition) is 0. The van der Waals surface area contributed by atoms with Crippen LogP contribution in [0.4, 0.5) is 0 Å². The Morgan fingerprint density at radius 3 is 0.800 bits per heavy atom. The van der Waals surface area contributed by atoms with Crippen LogP contribution in [0.1, 0.15) is 55.4 Å². The molecular weight excluding hydrogens is 360 g/mol. The molecule has 0 amide bonds. The van der Waals surface area contributed by atoms with Crippen molar-refractivity contribution in [3.63, 3.8) is 0 Å². The molecule has 0 saturated carbocycles. The van der Waals surface area contributed by atoms with Crippen LogP contribution in [-0.4, -0.2) is 0 Å². The molecular formula is C30H40. The highest BCUT2D eigenvalue weighted by atomic mass is 13.9. The zero-order chi connectivity index (χ0) is 22.8. The highest BCUT2D eigenvalue weighted by Gasteiger charge is 1.82. The minimum absolute atomic E-state index is 1.21. The molecule has 0 radical (unpaired) electrons. The average Bonchev–Trinajstić information content (AvgIpc) is 2.64. The van der Waals surface area contributed by atoms with Gasteiger partial charge in [0.25, 0.3) is 0 Å². The first-order chi connectivity index (χ1) is 14.2. The molecule has 0 aliphatic carbocycles. The maximum absolute atomic E-state index is 2.12. The predicted molar refractivity (Wildman–Crippen MR) is 140 cm³/mol. The molecule has 0 spiro atoms. The van der Waals surface area contributed by atoms with E-state index < -0.39 is 0 Å². The highest BCUT2D eigenvalue weighted by Crippen LogP contribution is 2.03. The van der Waals surface area contributed by atoms with Gasteiger partial charge in [-0.05, 0) is 55.4 Å². The van der Waals surface area contributed by atoms with Gasteiger partial charge in [0.05, 0.1) is 0 Å². The van der Waals surface area contributed by atoms with Gasteiger partial charge in [0.1, 0.15) is 0 Å². The van der Waals surface area contributed by atoms with Crippen LogP contribution in [0.2, 0.25) is 0 Å². The molecule has 0 aliphatic heterocycles. The van der Waals surface area contributed by atoms with Crippen LogP contribution in [-0.2, 0) is 0 Å². The molecule has 0 bridgehead atoms. The Balaban J connectivity index is 4.68. The summed E-state index contributed by atoms with van der Waals surface area (Å²) in [6.45, 7) is 16.8. The van der Waals surface area contributed by atoms with E-state index in [4.69, 9.17) is 0 Å². The first kappa shape index (κ1) is 27.1. The van der Waals surface area contributed by atoms with Crippen molar-refractivity contribution < 1.29 is 0 Å². The zero-order valence-corrected chi connectivity index (χ0v) is 20.2. The van der Waals surface area contributed by atoms with Gasteiger partial charge in [0, 0.05) is 0 Å². The van der Waals surface area contributed by atoms with Crippen LogP contribution < -0.4 is 0 Å². The second-order valence-corrected chi connectivity index (χ2v) is 7.95. The van der Waals surface area contributed by atoms with Crippen LogP contribution in [0, 0.1) is 0 Å². The van der Waals surface area contributed by atoms with Gasteiger partial charge in [-0.15, -0.1) is 0 Å². The molecule has 0 aromatic rings. The first-order valence-corrected chi connectivity index (χ1v) is 10.6. The standard InChI is InChI=1S/C30H40/c1-25(2)15-11-19-29(7)23-13-21-27(5)17-9-10-18-28(6)22-14-24-30(8)20-12-16-26(3)4/h9-24H,1-8H3. The Morgan fingerprint density at radius 1 is 0.300 bits per heavy atom. The second-order valence-electron chi connectivity index (χ2n) is 7.95. The molecule has 0 fully saturated rings. The summed E-state index contributed by atoms with van der Waals surface area (Å²) in [4.78, 5) is 0. The monoisotopic (exact) mass is 400 g/mol. The smallest absolute Gasteiger partial charge is 0.0398 e. The van der Waals surface area contributed by atoms with E-state index in [2.05, 4.69) is 153 Å². The minimum atomic E-state index is 1.21. The van der Waals surface area contributed by atoms with Crippen molar-refractivity contribution in [1.82, 2.24) is 0 Å². The SMILES string of the molecule is CC(C)=CC=CC(C)=CC=CC(C)=CC=CC=C(C)C=CC=C(C)C=CC=C(C)C. The van der Waals surface area contributed by atoms with Gasteiger partial charge < -0.3 is 0 Å². The first-order valence-electron chi connectivity index (χ1n) is 10.6. The predicted octanol–water partition coefficient (Wildman–Crippen LogP) is 9.48. The van der Waals surface area contributed by atoms with Gasteiger partial charge in [-0.3, -0.25) is 0 Å². The molecule has 0 heteroatoms. The lowest BCUT2D eigenvalue weighted by Gasteiger charge is -1.91. The molecule has 0 atom stereocenters. The summed E-state index contributed by atoms with van der Waals surface area (Å²) in [6.07, 6.45) is 33.7. The molecule has 0 rings (SSSR count). The Morgan fingerprint density at radius 2 is 0.533 bits per heavy atom. The van der Waals surface area contributed by atoms with E-state index in [0.29, 0.717) is 0 Å². The summed E-state index contributed by atoms with van der Waals surface area (Å²) in [7, 11) is 0. The third kappa shape index (κ3) is 18.5. The molecule has 0 unspecified atom stereocenters. The van der Waals surface area contributed by atoms with Crippen molar-refractivity contribution >= 4 is 0 Å². The summed E-state index contributed by atoms with van der Waals surface area (Å²) in [6, 6.07) is 0. The van der Waals surface area contributed by atoms with Gasteiger partial charge in [-0.1, -0.05) is 131 Å². The van der Waals surface area contributed by atoms with Crippen molar-refractivity contribution in [3.05, 3.63) is 131 Å². The Bertz CT molecular complexity index is 768. The Hall–Kier alpha value is -2.86. The fourth-order valence-electron chi connectivity index (χ4n) is 2.12. The summed E-state index contributed by atoms with van der Waals surface area (Å²) in [5.74, 6) is 0. The lowest BCUT2D eigenvalue weighted by molar-refractivity contribution is 1.39. The third-order valence-corrected chi connectivity index (χ3v) is 3.84. The van der Waals surface area contributed by atoms with Gasteiger partial charge in [0.2, 0.25) is 0 Å². The molecule has 0 aromatic carbocycles. The maximum Gasteiger partial charge on any atom is -0.0398 e. The fourth-order valence-corrected chi connectivity index (χ4v) is 2.12. The van der Waals surface area contributed by atoms with Crippen molar-refractivity contribution in [2.45, 2.75) is 55.4 Å². The van der Waals surface area contributed by atoms with Crippen LogP contribution in [0.25, 0.3) is 0 Å². The van der Waals surface area contributed by atoms with E-state index in [-0.39, 0.29) is 0 Å². The van der Waals surface area contributed by atoms with Crippen molar-refractivity contribution in [1.29, 1.82) is 0 Å². The Labute approximate surface area is 186 Å². The molecule has 0 nitrogen and oxygen atoms in total. The summed E-state index contributed by atoms with van der Waals surface area (Å²) < 4.78 is 0. The third-order valence-electron chi connectivity index (χ3n) is 3.84. The van der Waals surface area contributed by atoms with Gasteiger partial charge in [0.15, 0.2) is 0 Å². The topological polar surface area (TPSA) is 0 Å². The normalized spacial score (nSPS) is 14.8. The molecule has 30 heavy (non-hydrogen) atoms. The van der Waals surface area contributed by atoms with E-state index in [0.717, 1.165) is 0 Å². The van der Waals surface area contributed by atoms with Gasteiger partial charge >= 0.3 is 0 Å². The fraction of sp³-hybridized carbons (Fsp3) is 0.267. The minimum Gasteiger partial charge on any atom is -0.0764 e. The zero-order valence-electron chi connectivity index (χ0n) is 20.2. The van der Waals surface area contributed by atoms with Crippen molar-refractivity contribution in [2.75, 3.05) is 0 Å². The lowest BCUT2D eigenvalue weighted by atomic mass is 10.2. The molecule has 0 aliphatic rings. The maximum atomic E-state index is 2.12. The number of allylic oxidation sites excluding steroid dienone is 22. The number of hydrogen-bond donors (Lipinski definition) is 0. The van der Waals surface area contributed by atoms with Gasteiger partial charge in [-0.25, -0.2) is 0 Å². The molecule has 0 N–H and O–H groups in total. The largest absolute Gasteiger partial charge is 0.0764 e. The lowest BCUT2D eigenvalue weighted by Crippen LogP contribution is -1.70. The van der Waals surface area contributed by atoms with Crippen molar-refractivity contribution in [3.8, 4) is 0 Å². The van der Waals surface area contributed by atoms with Crippen molar-refractivity contribution in [2.24, 2.45) is 0 Å². The molecule has 160 valence electrons. The quantitative estimate of drug-likeness (QED) is 0.320. The van der Waals surface area contributed by atoms with Gasteiger partial charge in [-0.2, -0.15) is 0 Å². The van der Waals surface area contributed by atoms with E-state index >= 15 is 0 Å². The Kier molecular flexibility index (Phi) is 15.4. The van der Waals surface area contributed by atoms with E-state index in [1.807, 2.05) is 0 Å². The number of rotatable bonds is 10. The summed E-state index contributed by atoms with van der Waals surface area (Å²) in [5.41, 5.74) is 7.50. The van der Waals surface area contributed by atoms with Crippen LogP contribution >= 0.6 is 0 Å². The van der Waals surface area contributed by atoms with E-state index in [1.165, 1.54) is 33.4 Å². The van der Waals surface area contributed by atoms with Crippen LogP contribution in [0.15, 0.2) is 131 Å². The summed E-state index contributed by atoms with van der Waals surface area (Å²) >= 11 is 0. The molecule has 0 aromatic heterocycles. The highest BCUT2D eigenvalue weighted by molar-refractivity contribution is 5.32. The molecule has 0 saturated heterocycles. The summed E-state index contributed by atoms with van der Waals surface area (Å²) in [5, 5.41) is 0. The van der Waals surface area contributed by atoms with E-state index in [9.17, 15) is 0 Å². The van der Waals surface area contributed by atoms with Crippen LogP contribution in [0.3, 0.4) is 0 Å². The second kappa shape index (κ2) is 17.0. The average molecular weight is 401 g/mol.